The summed E-state index contributed by atoms with van der Waals surface area (Å²) in [6.45, 7) is -0.0359. The van der Waals surface area contributed by atoms with E-state index in [-0.39, 0.29) is 30.5 Å². The summed E-state index contributed by atoms with van der Waals surface area (Å²) in [7, 11) is 0.441. The fourth-order valence-corrected chi connectivity index (χ4v) is 5.62. The van der Waals surface area contributed by atoms with Crippen LogP contribution in [0.2, 0.25) is 0 Å². The van der Waals surface area contributed by atoms with Gasteiger partial charge in [0.1, 0.15) is 28.9 Å². The van der Waals surface area contributed by atoms with Gasteiger partial charge in [-0.25, -0.2) is 4.57 Å². The number of aromatic nitrogens is 1. The van der Waals surface area contributed by atoms with Crippen LogP contribution < -0.4 is 24.5 Å². The minimum absolute atomic E-state index is 0.0138. The van der Waals surface area contributed by atoms with Crippen molar-refractivity contribution in [2.24, 2.45) is 7.05 Å². The van der Waals surface area contributed by atoms with Crippen LogP contribution in [0.3, 0.4) is 0 Å². The highest BCUT2D eigenvalue weighted by Gasteiger charge is 2.33. The van der Waals surface area contributed by atoms with Gasteiger partial charge >= 0.3 is 7.82 Å². The first-order chi connectivity index (χ1) is 20.8. The maximum Gasteiger partial charge on any atom is 0.530 e. The molecule has 0 bridgehead atoms. The Kier molecular flexibility index (Phi) is 8.88. The lowest BCUT2D eigenvalue weighted by Gasteiger charge is -2.22. The molecule has 5 aromatic rings. The van der Waals surface area contributed by atoms with Crippen molar-refractivity contribution in [1.29, 1.82) is 5.26 Å². The van der Waals surface area contributed by atoms with E-state index in [0.717, 1.165) is 16.6 Å². The van der Waals surface area contributed by atoms with E-state index in [1.807, 2.05) is 66.7 Å². The third kappa shape index (κ3) is 6.60. The van der Waals surface area contributed by atoms with E-state index in [1.165, 1.54) is 14.2 Å². The van der Waals surface area contributed by atoms with Gasteiger partial charge in [-0.2, -0.15) is 5.26 Å². The number of nitrogens with zero attached hydrogens (tertiary/aromatic N) is 2. The van der Waals surface area contributed by atoms with Crippen LogP contribution in [0.25, 0.3) is 10.9 Å². The molecule has 43 heavy (non-hydrogen) atoms. The molecular formula is C32H30N3O7P. The van der Waals surface area contributed by atoms with Crippen LogP contribution in [0.1, 0.15) is 16.7 Å². The third-order valence-electron chi connectivity index (χ3n) is 6.67. The van der Waals surface area contributed by atoms with Crippen molar-refractivity contribution in [2.75, 3.05) is 20.0 Å². The molecule has 5 rings (SSSR count). The van der Waals surface area contributed by atoms with Gasteiger partial charge in [0.05, 0.1) is 33.0 Å². The molecule has 11 heteroatoms. The van der Waals surface area contributed by atoms with Crippen LogP contribution in [-0.2, 0) is 33.9 Å². The number of benzene rings is 4. The van der Waals surface area contributed by atoms with Crippen molar-refractivity contribution < 1.29 is 32.3 Å². The highest BCUT2D eigenvalue weighted by Crippen LogP contribution is 2.56. The number of fused-ring (bicyclic) bond motifs is 1. The zero-order chi connectivity index (χ0) is 30.4. The van der Waals surface area contributed by atoms with E-state index >= 15 is 0 Å². The summed E-state index contributed by atoms with van der Waals surface area (Å²) in [5.41, 5.74) is 8.82. The molecule has 0 fully saturated rings. The molecule has 0 saturated heterocycles. The zero-order valence-corrected chi connectivity index (χ0v) is 24.7. The van der Waals surface area contributed by atoms with Crippen LogP contribution >= 0.6 is 7.82 Å². The van der Waals surface area contributed by atoms with Gasteiger partial charge in [0.25, 0.3) is 0 Å². The van der Waals surface area contributed by atoms with Gasteiger partial charge < -0.3 is 29.0 Å². The molecule has 4 aromatic carbocycles. The van der Waals surface area contributed by atoms with Crippen LogP contribution in [0.4, 0.5) is 5.82 Å². The van der Waals surface area contributed by atoms with E-state index in [2.05, 4.69) is 6.07 Å². The van der Waals surface area contributed by atoms with Gasteiger partial charge in [-0.1, -0.05) is 60.7 Å². The Morgan fingerprint density at radius 2 is 1.37 bits per heavy atom. The Morgan fingerprint density at radius 1 is 0.814 bits per heavy atom. The molecule has 1 heterocycles. The highest BCUT2D eigenvalue weighted by atomic mass is 31.2. The van der Waals surface area contributed by atoms with Crippen LogP contribution in [0.15, 0.2) is 91.0 Å². The van der Waals surface area contributed by atoms with Gasteiger partial charge in [-0.05, 0) is 29.3 Å². The van der Waals surface area contributed by atoms with E-state index in [1.54, 1.807) is 35.9 Å². The van der Waals surface area contributed by atoms with E-state index in [0.29, 0.717) is 28.3 Å². The smallest absolute Gasteiger partial charge is 0.493 e. The number of hydrogen-bond acceptors (Lipinski definition) is 9. The monoisotopic (exact) mass is 599 g/mol. The second-order valence-electron chi connectivity index (χ2n) is 9.43. The normalized spacial score (nSPS) is 11.2. The largest absolute Gasteiger partial charge is 0.530 e. The first kappa shape index (κ1) is 29.5. The molecule has 0 aliphatic rings. The van der Waals surface area contributed by atoms with Gasteiger partial charge in [0, 0.05) is 24.6 Å². The molecule has 220 valence electrons. The number of phosphoric acid groups is 1. The standard InChI is InChI=1S/C32H30N3O7P/c1-35-28-15-14-24(16-26(28)27(19-33)32(35)34)41-25-17-29(37-2)31(30(18-25)38-3)42-43(36,39-20-22-10-6-4-7-11-22)40-21-23-12-8-5-9-13-23/h4-18H,20-21,34H2,1-3H3. The van der Waals surface area contributed by atoms with Crippen LogP contribution in [0.5, 0.6) is 28.7 Å². The SMILES string of the molecule is COc1cc(Oc2ccc3c(c2)c(C#N)c(N)n3C)cc(OC)c1OP(=O)(OCc1ccccc1)OCc1ccccc1. The van der Waals surface area contributed by atoms with E-state index in [4.69, 9.17) is 33.5 Å². The molecular weight excluding hydrogens is 569 g/mol. The highest BCUT2D eigenvalue weighted by molar-refractivity contribution is 7.48. The first-order valence-corrected chi connectivity index (χ1v) is 14.7. The number of aryl methyl sites for hydroxylation is 1. The summed E-state index contributed by atoms with van der Waals surface area (Å²) >= 11 is 0. The fraction of sp³-hybridized carbons (Fsp3) is 0.156. The average molecular weight is 600 g/mol. The topological polar surface area (TPSA) is 127 Å². The molecule has 0 spiro atoms. The van der Waals surface area contributed by atoms with Crippen molar-refractivity contribution >= 4 is 24.5 Å². The Morgan fingerprint density at radius 3 is 1.88 bits per heavy atom. The van der Waals surface area contributed by atoms with E-state index < -0.39 is 7.82 Å². The first-order valence-electron chi connectivity index (χ1n) is 13.2. The Hall–Kier alpha value is -4.94. The maximum absolute atomic E-state index is 14.0. The molecule has 0 atom stereocenters. The number of phosphoric ester groups is 1. The molecule has 1 aromatic heterocycles. The quantitative estimate of drug-likeness (QED) is 0.146. The summed E-state index contributed by atoms with van der Waals surface area (Å²) in [5, 5.41) is 10.3. The lowest BCUT2D eigenvalue weighted by atomic mass is 10.1. The summed E-state index contributed by atoms with van der Waals surface area (Å²) in [4.78, 5) is 0. The molecule has 0 aliphatic heterocycles. The summed E-state index contributed by atoms with van der Waals surface area (Å²) < 4.78 is 50.5. The number of hydrogen-bond donors (Lipinski definition) is 1. The van der Waals surface area contributed by atoms with Gasteiger partial charge in [-0.3, -0.25) is 9.05 Å². The number of nitriles is 1. The molecule has 2 N–H and O–H groups in total. The van der Waals surface area contributed by atoms with Gasteiger partial charge in [-0.15, -0.1) is 0 Å². The second kappa shape index (κ2) is 12.9. The number of anilines is 1. The van der Waals surface area contributed by atoms with Crippen molar-refractivity contribution in [2.45, 2.75) is 13.2 Å². The maximum atomic E-state index is 14.0. The molecule has 0 amide bonds. The lowest BCUT2D eigenvalue weighted by molar-refractivity contribution is 0.140. The predicted octanol–water partition coefficient (Wildman–Crippen LogP) is 7.36. The number of ether oxygens (including phenoxy) is 3. The Balaban J connectivity index is 1.44. The van der Waals surface area contributed by atoms with Crippen LogP contribution in [0, 0.1) is 11.3 Å². The number of nitrogen functional groups attached to an aromatic ring is 1. The minimum atomic E-state index is -4.22. The average Bonchev–Trinajstić information content (AvgIpc) is 3.28. The summed E-state index contributed by atoms with van der Waals surface area (Å²) in [6.07, 6.45) is 0. The Labute approximate surface area is 249 Å². The number of nitrogens with two attached hydrogens (primary N) is 1. The molecule has 0 aliphatic carbocycles. The Bertz CT molecular complexity index is 1750. The summed E-state index contributed by atoms with van der Waals surface area (Å²) in [6, 6.07) is 29.1. The second-order valence-corrected chi connectivity index (χ2v) is 11.0. The number of methoxy groups -OCH3 is 2. The molecule has 0 unspecified atom stereocenters. The zero-order valence-electron chi connectivity index (χ0n) is 23.9. The predicted molar refractivity (Wildman–Crippen MR) is 162 cm³/mol. The van der Waals surface area contributed by atoms with Crippen molar-refractivity contribution in [1.82, 2.24) is 4.57 Å². The number of rotatable bonds is 12. The molecule has 0 saturated carbocycles. The molecule has 0 radical (unpaired) electrons. The van der Waals surface area contributed by atoms with Crippen molar-refractivity contribution in [3.8, 4) is 34.8 Å². The lowest BCUT2D eigenvalue weighted by Crippen LogP contribution is -2.05. The van der Waals surface area contributed by atoms with Crippen molar-refractivity contribution in [3.05, 3.63) is 108 Å². The van der Waals surface area contributed by atoms with Crippen LogP contribution in [-0.4, -0.2) is 18.8 Å². The fourth-order valence-electron chi connectivity index (χ4n) is 4.42. The minimum Gasteiger partial charge on any atom is -0.493 e. The van der Waals surface area contributed by atoms with Gasteiger partial charge in [0.15, 0.2) is 11.5 Å². The van der Waals surface area contributed by atoms with Crippen molar-refractivity contribution in [3.63, 3.8) is 0 Å². The van der Waals surface area contributed by atoms with Gasteiger partial charge in [0.2, 0.25) is 5.75 Å². The summed E-state index contributed by atoms with van der Waals surface area (Å²) in [5.74, 6) is 1.52. The van der Waals surface area contributed by atoms with E-state index in [9.17, 15) is 9.83 Å². The third-order valence-corrected chi connectivity index (χ3v) is 7.96. The molecule has 10 nitrogen and oxygen atoms in total.